The number of allylic oxidation sites excluding steroid dienone is 5. The fourth-order valence-corrected chi connectivity index (χ4v) is 2.79. The summed E-state index contributed by atoms with van der Waals surface area (Å²) in [7, 11) is 1.24. The third kappa shape index (κ3) is 2.96. The van der Waals surface area contributed by atoms with Crippen molar-refractivity contribution in [1.82, 2.24) is 0 Å². The maximum absolute atomic E-state index is 14.4. The number of fused-ring (bicyclic) bond motifs is 1. The molecular weight excluding hydrogens is 321 g/mol. The Kier molecular flexibility index (Phi) is 4.46. The second-order valence-electron chi connectivity index (χ2n) is 5.48. The number of halogens is 3. The van der Waals surface area contributed by atoms with E-state index in [1.807, 2.05) is 0 Å². The van der Waals surface area contributed by atoms with Crippen molar-refractivity contribution in [2.75, 3.05) is 13.7 Å². The van der Waals surface area contributed by atoms with Crippen LogP contribution in [-0.4, -0.2) is 25.9 Å². The van der Waals surface area contributed by atoms with Crippen molar-refractivity contribution in [2.24, 2.45) is 0 Å². The molecule has 0 radical (unpaired) electrons. The molecule has 1 aliphatic carbocycles. The molecule has 0 bridgehead atoms. The van der Waals surface area contributed by atoms with Crippen molar-refractivity contribution in [1.29, 1.82) is 0 Å². The maximum Gasteiger partial charge on any atom is 0.337 e. The number of benzene rings is 1. The van der Waals surface area contributed by atoms with E-state index in [2.05, 4.69) is 4.74 Å². The molecule has 0 fully saturated rings. The van der Waals surface area contributed by atoms with Gasteiger partial charge in [0.25, 0.3) is 0 Å². The second-order valence-corrected chi connectivity index (χ2v) is 5.48. The summed E-state index contributed by atoms with van der Waals surface area (Å²) >= 11 is 0. The molecule has 1 aromatic rings. The lowest BCUT2D eigenvalue weighted by molar-refractivity contribution is 0.0600. The number of hydrogen-bond donors (Lipinski definition) is 0. The van der Waals surface area contributed by atoms with Crippen molar-refractivity contribution in [3.05, 3.63) is 58.7 Å². The molecule has 24 heavy (non-hydrogen) atoms. The van der Waals surface area contributed by atoms with Gasteiger partial charge in [-0.1, -0.05) is 0 Å². The van der Waals surface area contributed by atoms with Gasteiger partial charge in [-0.15, -0.1) is 0 Å². The van der Waals surface area contributed by atoms with Crippen molar-refractivity contribution < 1.29 is 27.4 Å². The zero-order valence-corrected chi connectivity index (χ0v) is 12.9. The lowest BCUT2D eigenvalue weighted by atomic mass is 9.92. The summed E-state index contributed by atoms with van der Waals surface area (Å²) in [6.07, 6.45) is 0.466. The third-order valence-corrected chi connectivity index (χ3v) is 3.96. The minimum Gasteiger partial charge on any atom is -0.489 e. The van der Waals surface area contributed by atoms with Gasteiger partial charge in [-0.2, -0.15) is 0 Å². The summed E-state index contributed by atoms with van der Waals surface area (Å²) in [4.78, 5) is 11.7. The number of hydrogen-bond acceptors (Lipinski definition) is 3. The predicted octanol–water partition coefficient (Wildman–Crippen LogP) is 4.46. The van der Waals surface area contributed by atoms with Crippen LogP contribution < -0.4 is 4.74 Å². The fraction of sp³-hybridized carbons (Fsp3) is 0.278. The smallest absolute Gasteiger partial charge is 0.337 e. The Hall–Kier alpha value is -2.50. The highest BCUT2D eigenvalue weighted by Crippen LogP contribution is 2.42. The first-order chi connectivity index (χ1) is 11.5. The quantitative estimate of drug-likeness (QED) is 0.748. The van der Waals surface area contributed by atoms with Gasteiger partial charge in [0.1, 0.15) is 30.2 Å². The van der Waals surface area contributed by atoms with E-state index >= 15 is 0 Å². The van der Waals surface area contributed by atoms with Crippen LogP contribution in [0.1, 0.15) is 28.8 Å². The Morgan fingerprint density at radius 1 is 1.33 bits per heavy atom. The molecule has 0 saturated heterocycles. The molecule has 2 aliphatic rings. The Bertz CT molecular complexity index is 778. The average molecular weight is 336 g/mol. The molecule has 6 heteroatoms. The van der Waals surface area contributed by atoms with Crippen LogP contribution in [0.4, 0.5) is 13.2 Å². The molecule has 3 nitrogen and oxygen atoms in total. The van der Waals surface area contributed by atoms with Gasteiger partial charge < -0.3 is 9.47 Å². The molecule has 0 N–H and O–H groups in total. The largest absolute Gasteiger partial charge is 0.489 e. The van der Waals surface area contributed by atoms with E-state index in [9.17, 15) is 18.0 Å². The number of rotatable bonds is 2. The fourth-order valence-electron chi connectivity index (χ4n) is 2.79. The Morgan fingerprint density at radius 3 is 2.88 bits per heavy atom. The second kappa shape index (κ2) is 6.55. The van der Waals surface area contributed by atoms with Crippen LogP contribution in [0.3, 0.4) is 0 Å². The molecule has 1 aliphatic heterocycles. The molecule has 1 aromatic carbocycles. The van der Waals surface area contributed by atoms with Crippen LogP contribution in [0.2, 0.25) is 0 Å². The Balaban J connectivity index is 2.12. The normalized spacial score (nSPS) is 20.4. The van der Waals surface area contributed by atoms with Crippen LogP contribution in [0.5, 0.6) is 5.75 Å². The summed E-state index contributed by atoms with van der Waals surface area (Å²) < 4.78 is 52.4. The van der Waals surface area contributed by atoms with Crippen molar-refractivity contribution in [2.45, 2.75) is 19.0 Å². The van der Waals surface area contributed by atoms with Crippen LogP contribution >= 0.6 is 0 Å². The summed E-state index contributed by atoms with van der Waals surface area (Å²) in [6.45, 7) is 0.128. The van der Waals surface area contributed by atoms with Gasteiger partial charge in [0.2, 0.25) is 0 Å². The van der Waals surface area contributed by atoms with Crippen molar-refractivity contribution in [3.63, 3.8) is 0 Å². The zero-order chi connectivity index (χ0) is 17.3. The van der Waals surface area contributed by atoms with Crippen LogP contribution in [0.15, 0.2) is 47.6 Å². The van der Waals surface area contributed by atoms with Crippen molar-refractivity contribution in [3.8, 4) is 5.75 Å². The number of methoxy groups -OCH3 is 1. The van der Waals surface area contributed by atoms with E-state index < -0.39 is 23.8 Å². The van der Waals surface area contributed by atoms with Crippen molar-refractivity contribution >= 4 is 11.5 Å². The molecule has 0 saturated carbocycles. The Morgan fingerprint density at radius 2 is 2.12 bits per heavy atom. The number of carbonyl (C=O) groups is 1. The van der Waals surface area contributed by atoms with Crippen LogP contribution in [0.25, 0.3) is 5.57 Å². The summed E-state index contributed by atoms with van der Waals surface area (Å²) in [5.74, 6) is -1.83. The minimum atomic E-state index is -1.53. The highest BCUT2D eigenvalue weighted by Gasteiger charge is 2.27. The van der Waals surface area contributed by atoms with Crippen LogP contribution in [-0.2, 0) is 4.74 Å². The maximum atomic E-state index is 14.4. The highest BCUT2D eigenvalue weighted by molar-refractivity contribution is 5.94. The topological polar surface area (TPSA) is 35.5 Å². The van der Waals surface area contributed by atoms with Gasteiger partial charge in [-0.25, -0.2) is 18.0 Å². The molecule has 1 atom stereocenters. The molecule has 3 rings (SSSR count). The SMILES string of the molecule is COC(=O)c1ccc2c(c1)C(C1=C(F)CCC(F)C=C1F)=CCO2. The first-order valence-electron chi connectivity index (χ1n) is 7.47. The molecule has 1 heterocycles. The zero-order valence-electron chi connectivity index (χ0n) is 12.9. The number of alkyl halides is 1. The first kappa shape index (κ1) is 16.4. The van der Waals surface area contributed by atoms with Gasteiger partial charge in [0, 0.05) is 17.6 Å². The van der Waals surface area contributed by atoms with E-state index in [1.165, 1.54) is 25.3 Å². The molecule has 126 valence electrons. The monoisotopic (exact) mass is 336 g/mol. The van der Waals surface area contributed by atoms with E-state index in [0.29, 0.717) is 11.3 Å². The lowest BCUT2D eigenvalue weighted by Crippen LogP contribution is -2.09. The molecule has 1 unspecified atom stereocenters. The third-order valence-electron chi connectivity index (χ3n) is 3.96. The standard InChI is InChI=1S/C18H15F3O3/c1-23-18(22)10-2-5-16-13(8-10)12(6-7-24-16)17-14(20)4-3-11(19)9-15(17)21/h2,5-6,8-9,11H,3-4,7H2,1H3. The summed E-state index contributed by atoms with van der Waals surface area (Å²) in [5, 5.41) is 0. The van der Waals surface area contributed by atoms with Gasteiger partial charge in [0.05, 0.1) is 12.7 Å². The van der Waals surface area contributed by atoms with E-state index in [0.717, 1.165) is 6.08 Å². The number of esters is 1. The summed E-state index contributed by atoms with van der Waals surface area (Å²) in [5.41, 5.74) is 0.578. The average Bonchev–Trinajstić information content (AvgIpc) is 2.71. The van der Waals surface area contributed by atoms with Crippen LogP contribution in [0, 0.1) is 0 Å². The highest BCUT2D eigenvalue weighted by atomic mass is 19.1. The van der Waals surface area contributed by atoms with Gasteiger partial charge in [-0.05, 0) is 42.3 Å². The predicted molar refractivity (Wildman–Crippen MR) is 82.7 cm³/mol. The Labute approximate surface area is 137 Å². The van der Waals surface area contributed by atoms with Gasteiger partial charge in [0.15, 0.2) is 0 Å². The summed E-state index contributed by atoms with van der Waals surface area (Å²) in [6, 6.07) is 4.51. The van der Waals surface area contributed by atoms with E-state index in [4.69, 9.17) is 4.74 Å². The lowest BCUT2D eigenvalue weighted by Gasteiger charge is -2.21. The van der Waals surface area contributed by atoms with Gasteiger partial charge >= 0.3 is 5.97 Å². The molecule has 0 amide bonds. The first-order valence-corrected chi connectivity index (χ1v) is 7.47. The number of carbonyl (C=O) groups excluding carboxylic acids is 1. The van der Waals surface area contributed by atoms with E-state index in [-0.39, 0.29) is 36.2 Å². The van der Waals surface area contributed by atoms with E-state index in [1.54, 1.807) is 6.07 Å². The molecule has 0 aromatic heterocycles. The number of ether oxygens (including phenoxy) is 2. The minimum absolute atomic E-state index is 0.110. The molecule has 0 spiro atoms. The molecular formula is C18H15F3O3. The van der Waals surface area contributed by atoms with Gasteiger partial charge in [-0.3, -0.25) is 0 Å².